The molecule has 0 unspecified atom stereocenters. The lowest BCUT2D eigenvalue weighted by molar-refractivity contribution is 0.358. The second-order valence-corrected chi connectivity index (χ2v) is 5.74. The molecule has 2 aromatic rings. The summed E-state index contributed by atoms with van der Waals surface area (Å²) in [5.74, 6) is 1.08. The summed E-state index contributed by atoms with van der Waals surface area (Å²) in [6, 6.07) is 16.1. The van der Waals surface area contributed by atoms with Gasteiger partial charge >= 0.3 is 0 Å². The molecule has 1 aliphatic heterocycles. The highest BCUT2D eigenvalue weighted by molar-refractivity contribution is 5.73. The summed E-state index contributed by atoms with van der Waals surface area (Å²) < 4.78 is 5.79. The third-order valence-corrected chi connectivity index (χ3v) is 4.15. The van der Waals surface area contributed by atoms with E-state index in [1.165, 1.54) is 35.1 Å². The van der Waals surface area contributed by atoms with Crippen LogP contribution in [0.2, 0.25) is 0 Å². The molecule has 102 valence electrons. The Morgan fingerprint density at radius 1 is 1.05 bits per heavy atom. The number of para-hydroxylation sites is 1. The third-order valence-electron chi connectivity index (χ3n) is 4.15. The predicted octanol–water partition coefficient (Wildman–Crippen LogP) is 3.54. The molecule has 20 heavy (non-hydrogen) atoms. The van der Waals surface area contributed by atoms with Crippen LogP contribution in [0.15, 0.2) is 42.5 Å². The maximum absolute atomic E-state index is 5.79. The van der Waals surface area contributed by atoms with Crippen LogP contribution in [0.5, 0.6) is 5.75 Å². The zero-order chi connectivity index (χ0) is 13.4. The van der Waals surface area contributed by atoms with Crippen molar-refractivity contribution in [2.75, 3.05) is 6.61 Å². The molecule has 0 radical (unpaired) electrons. The maximum atomic E-state index is 5.79. The van der Waals surface area contributed by atoms with Crippen LogP contribution >= 0.6 is 0 Å². The first-order valence-electron chi connectivity index (χ1n) is 7.47. The number of hydrogen-bond donors (Lipinski definition) is 1. The van der Waals surface area contributed by atoms with Crippen molar-refractivity contribution >= 4 is 0 Å². The molecule has 4 rings (SSSR count). The second kappa shape index (κ2) is 4.95. The summed E-state index contributed by atoms with van der Waals surface area (Å²) >= 11 is 0. The summed E-state index contributed by atoms with van der Waals surface area (Å²) in [7, 11) is 0. The van der Waals surface area contributed by atoms with Crippen LogP contribution in [0, 0.1) is 0 Å². The Kier molecular flexibility index (Phi) is 2.96. The Bertz CT molecular complexity index is 614. The lowest BCUT2D eigenvalue weighted by atomic mass is 10.00. The van der Waals surface area contributed by atoms with Gasteiger partial charge in [0.05, 0.1) is 6.61 Å². The fourth-order valence-electron chi connectivity index (χ4n) is 2.79. The van der Waals surface area contributed by atoms with Crippen molar-refractivity contribution in [2.24, 2.45) is 0 Å². The van der Waals surface area contributed by atoms with Crippen molar-refractivity contribution in [1.82, 2.24) is 5.32 Å². The lowest BCUT2D eigenvalue weighted by Crippen LogP contribution is -2.14. The molecule has 2 aliphatic rings. The van der Waals surface area contributed by atoms with Gasteiger partial charge in [-0.1, -0.05) is 42.5 Å². The molecule has 0 aromatic heterocycles. The highest BCUT2D eigenvalue weighted by Crippen LogP contribution is 2.36. The van der Waals surface area contributed by atoms with Crippen LogP contribution in [0.4, 0.5) is 0 Å². The van der Waals surface area contributed by atoms with Gasteiger partial charge in [-0.3, -0.25) is 0 Å². The number of benzene rings is 2. The molecular formula is C18H19NO. The number of hydrogen-bond acceptors (Lipinski definition) is 2. The largest absolute Gasteiger partial charge is 0.492 e. The number of rotatable bonds is 4. The fourth-order valence-corrected chi connectivity index (χ4v) is 2.79. The topological polar surface area (TPSA) is 21.3 Å². The molecule has 2 aromatic carbocycles. The first kappa shape index (κ1) is 12.0. The average Bonchev–Trinajstić information content (AvgIpc) is 3.20. The summed E-state index contributed by atoms with van der Waals surface area (Å²) in [6.07, 6.45) is 3.71. The lowest BCUT2D eigenvalue weighted by Gasteiger charge is -2.09. The van der Waals surface area contributed by atoms with Crippen molar-refractivity contribution in [3.63, 3.8) is 0 Å². The molecule has 2 heteroatoms. The molecule has 0 amide bonds. The van der Waals surface area contributed by atoms with Crippen LogP contribution in [0.3, 0.4) is 0 Å². The molecule has 2 nitrogen and oxygen atoms in total. The van der Waals surface area contributed by atoms with E-state index in [9.17, 15) is 0 Å². The summed E-state index contributed by atoms with van der Waals surface area (Å²) in [5.41, 5.74) is 5.16. The number of nitrogens with one attached hydrogen (secondary N) is 1. The van der Waals surface area contributed by atoms with Gasteiger partial charge in [-0.15, -0.1) is 0 Å². The smallest absolute Gasteiger partial charge is 0.130 e. The van der Waals surface area contributed by atoms with Crippen LogP contribution in [0.1, 0.15) is 24.0 Å². The average molecular weight is 265 g/mol. The van der Waals surface area contributed by atoms with Gasteiger partial charge in [0.25, 0.3) is 0 Å². The molecule has 0 atom stereocenters. The SMILES string of the molecule is c1cc2c(c(-c3ccc(CNC4CC4)cc3)c1)OCC2. The Labute approximate surface area is 119 Å². The molecule has 0 spiro atoms. The quantitative estimate of drug-likeness (QED) is 0.913. The van der Waals surface area contributed by atoms with E-state index in [0.29, 0.717) is 0 Å². The molecule has 0 saturated heterocycles. The van der Waals surface area contributed by atoms with E-state index < -0.39 is 0 Å². The first-order valence-corrected chi connectivity index (χ1v) is 7.47. The molecule has 1 heterocycles. The van der Waals surface area contributed by atoms with E-state index in [1.807, 2.05) is 0 Å². The molecule has 1 fully saturated rings. The Morgan fingerprint density at radius 3 is 2.70 bits per heavy atom. The van der Waals surface area contributed by atoms with Crippen LogP contribution in [-0.2, 0) is 13.0 Å². The van der Waals surface area contributed by atoms with E-state index >= 15 is 0 Å². The molecular weight excluding hydrogens is 246 g/mol. The molecule has 1 saturated carbocycles. The van der Waals surface area contributed by atoms with Crippen molar-refractivity contribution in [1.29, 1.82) is 0 Å². The molecule has 0 bridgehead atoms. The van der Waals surface area contributed by atoms with E-state index in [4.69, 9.17) is 4.74 Å². The van der Waals surface area contributed by atoms with E-state index in [2.05, 4.69) is 47.8 Å². The van der Waals surface area contributed by atoms with Gasteiger partial charge in [-0.05, 0) is 29.5 Å². The van der Waals surface area contributed by atoms with Gasteiger partial charge in [0, 0.05) is 24.6 Å². The zero-order valence-electron chi connectivity index (χ0n) is 11.6. The van der Waals surface area contributed by atoms with Crippen molar-refractivity contribution in [3.05, 3.63) is 53.6 Å². The van der Waals surface area contributed by atoms with Gasteiger partial charge in [0.2, 0.25) is 0 Å². The van der Waals surface area contributed by atoms with Gasteiger partial charge in [-0.2, -0.15) is 0 Å². The van der Waals surface area contributed by atoms with Crippen molar-refractivity contribution in [3.8, 4) is 16.9 Å². The highest BCUT2D eigenvalue weighted by atomic mass is 16.5. The number of ether oxygens (including phenoxy) is 1. The molecule has 1 N–H and O–H groups in total. The maximum Gasteiger partial charge on any atom is 0.130 e. The zero-order valence-corrected chi connectivity index (χ0v) is 11.6. The summed E-state index contributed by atoms with van der Waals surface area (Å²) in [6.45, 7) is 1.80. The van der Waals surface area contributed by atoms with Crippen LogP contribution < -0.4 is 10.1 Å². The van der Waals surface area contributed by atoms with Gasteiger partial charge < -0.3 is 10.1 Å². The monoisotopic (exact) mass is 265 g/mol. The first-order chi connectivity index (χ1) is 9.90. The standard InChI is InChI=1S/C18H19NO/c1-2-15-10-11-20-18(15)17(3-1)14-6-4-13(5-7-14)12-19-16-8-9-16/h1-7,16,19H,8-12H2. The number of fused-ring (bicyclic) bond motifs is 1. The van der Waals surface area contributed by atoms with Gasteiger partial charge in [0.1, 0.15) is 5.75 Å². The second-order valence-electron chi connectivity index (χ2n) is 5.74. The van der Waals surface area contributed by atoms with E-state index in [1.54, 1.807) is 0 Å². The Balaban J connectivity index is 1.57. The van der Waals surface area contributed by atoms with Crippen molar-refractivity contribution in [2.45, 2.75) is 31.8 Å². The minimum absolute atomic E-state index is 0.764. The van der Waals surface area contributed by atoms with Crippen LogP contribution in [-0.4, -0.2) is 12.6 Å². The highest BCUT2D eigenvalue weighted by Gasteiger charge is 2.20. The summed E-state index contributed by atoms with van der Waals surface area (Å²) in [4.78, 5) is 0. The Morgan fingerprint density at radius 2 is 1.90 bits per heavy atom. The summed E-state index contributed by atoms with van der Waals surface area (Å²) in [5, 5.41) is 3.55. The van der Waals surface area contributed by atoms with Crippen molar-refractivity contribution < 1.29 is 4.74 Å². The normalized spacial score (nSPS) is 16.8. The molecule has 1 aliphatic carbocycles. The predicted molar refractivity (Wildman–Crippen MR) is 80.9 cm³/mol. The minimum atomic E-state index is 0.764. The fraction of sp³-hybridized carbons (Fsp3) is 0.333. The van der Waals surface area contributed by atoms with Gasteiger partial charge in [0.15, 0.2) is 0 Å². The van der Waals surface area contributed by atoms with Crippen LogP contribution in [0.25, 0.3) is 11.1 Å². The van der Waals surface area contributed by atoms with Gasteiger partial charge in [-0.25, -0.2) is 0 Å². The third kappa shape index (κ3) is 2.32. The Hall–Kier alpha value is -1.80. The minimum Gasteiger partial charge on any atom is -0.492 e. The van der Waals surface area contributed by atoms with E-state index in [-0.39, 0.29) is 0 Å². The van der Waals surface area contributed by atoms with E-state index in [0.717, 1.165) is 31.4 Å².